The van der Waals surface area contributed by atoms with Crippen LogP contribution >= 0.6 is 0 Å². The van der Waals surface area contributed by atoms with Crippen LogP contribution in [-0.4, -0.2) is 28.0 Å². The molecule has 2 rings (SSSR count). The van der Waals surface area contributed by atoms with Crippen LogP contribution in [0.25, 0.3) is 11.1 Å². The molecule has 100 valence electrons. The number of carboxylic acids is 1. The van der Waals surface area contributed by atoms with Crippen molar-refractivity contribution >= 4 is 5.97 Å². The molecule has 2 aromatic rings. The molecule has 5 nitrogen and oxygen atoms in total. The van der Waals surface area contributed by atoms with Gasteiger partial charge in [-0.1, -0.05) is 13.0 Å². The number of carboxylic acid groups (broad SMARTS) is 1. The third kappa shape index (κ3) is 2.93. The molecule has 0 amide bonds. The molecule has 0 unspecified atom stereocenters. The number of aryl methyl sites for hydroxylation is 1. The summed E-state index contributed by atoms with van der Waals surface area (Å²) in [6, 6.07) is 5.91. The molecule has 1 N–H and O–H groups in total. The Balaban J connectivity index is 2.31. The second-order valence-corrected chi connectivity index (χ2v) is 4.20. The van der Waals surface area contributed by atoms with Crippen molar-refractivity contribution in [2.24, 2.45) is 0 Å². The van der Waals surface area contributed by atoms with Crippen molar-refractivity contribution in [3.8, 4) is 16.9 Å². The fourth-order valence-corrected chi connectivity index (χ4v) is 1.97. The number of aromatic nitrogens is 2. The maximum absolute atomic E-state index is 10.6. The van der Waals surface area contributed by atoms with Gasteiger partial charge >= 0.3 is 5.97 Å². The van der Waals surface area contributed by atoms with E-state index in [2.05, 4.69) is 12.0 Å². The number of methoxy groups -OCH3 is 1. The summed E-state index contributed by atoms with van der Waals surface area (Å²) in [6.07, 6.45) is 4.28. The predicted octanol–water partition coefficient (Wildman–Crippen LogP) is 2.21. The molecular weight excluding hydrogens is 244 g/mol. The lowest BCUT2D eigenvalue weighted by Crippen LogP contribution is -2.08. The lowest BCUT2D eigenvalue weighted by atomic mass is 10.0. The zero-order valence-electron chi connectivity index (χ0n) is 11.0. The van der Waals surface area contributed by atoms with E-state index in [-0.39, 0.29) is 6.54 Å². The smallest absolute Gasteiger partial charge is 0.325 e. The molecule has 0 aliphatic carbocycles. The molecule has 0 radical (unpaired) electrons. The number of benzene rings is 1. The SMILES string of the molecule is CCc1cc(-c2cnn(CC(=O)O)c2)ccc1OC. The van der Waals surface area contributed by atoms with Crippen LogP contribution in [0.4, 0.5) is 0 Å². The average Bonchev–Trinajstić information content (AvgIpc) is 2.85. The van der Waals surface area contributed by atoms with Gasteiger partial charge in [0.2, 0.25) is 0 Å². The number of hydrogen-bond donors (Lipinski definition) is 1. The Morgan fingerprint density at radius 3 is 2.84 bits per heavy atom. The highest BCUT2D eigenvalue weighted by Crippen LogP contribution is 2.26. The summed E-state index contributed by atoms with van der Waals surface area (Å²) in [7, 11) is 1.65. The second-order valence-electron chi connectivity index (χ2n) is 4.20. The van der Waals surface area contributed by atoms with Crippen molar-refractivity contribution < 1.29 is 14.6 Å². The third-order valence-corrected chi connectivity index (χ3v) is 2.93. The van der Waals surface area contributed by atoms with Gasteiger partial charge in [-0.3, -0.25) is 9.48 Å². The zero-order chi connectivity index (χ0) is 13.8. The second kappa shape index (κ2) is 5.56. The van der Waals surface area contributed by atoms with Crippen LogP contribution in [0.15, 0.2) is 30.6 Å². The Bertz CT molecular complexity index is 590. The molecule has 0 fully saturated rings. The first-order valence-corrected chi connectivity index (χ1v) is 6.05. The van der Waals surface area contributed by atoms with Crippen molar-refractivity contribution in [2.45, 2.75) is 19.9 Å². The largest absolute Gasteiger partial charge is 0.496 e. The molecule has 0 aliphatic rings. The molecule has 0 saturated heterocycles. The van der Waals surface area contributed by atoms with Crippen molar-refractivity contribution in [2.75, 3.05) is 7.11 Å². The third-order valence-electron chi connectivity index (χ3n) is 2.93. The van der Waals surface area contributed by atoms with Crippen LogP contribution in [0.3, 0.4) is 0 Å². The van der Waals surface area contributed by atoms with E-state index in [1.54, 1.807) is 19.5 Å². The lowest BCUT2D eigenvalue weighted by Gasteiger charge is -2.08. The highest BCUT2D eigenvalue weighted by atomic mass is 16.5. The topological polar surface area (TPSA) is 64.4 Å². The number of aliphatic carboxylic acids is 1. The number of ether oxygens (including phenoxy) is 1. The van der Waals surface area contributed by atoms with E-state index < -0.39 is 5.97 Å². The Morgan fingerprint density at radius 2 is 2.21 bits per heavy atom. The molecule has 0 bridgehead atoms. The van der Waals surface area contributed by atoms with Crippen LogP contribution in [0, 0.1) is 0 Å². The molecule has 1 heterocycles. The minimum atomic E-state index is -0.904. The van der Waals surface area contributed by atoms with Crippen LogP contribution in [0.1, 0.15) is 12.5 Å². The number of rotatable bonds is 5. The van der Waals surface area contributed by atoms with Gasteiger partial charge in [0.15, 0.2) is 0 Å². The molecule has 0 saturated carbocycles. The monoisotopic (exact) mass is 260 g/mol. The van der Waals surface area contributed by atoms with Gasteiger partial charge in [-0.15, -0.1) is 0 Å². The molecule has 5 heteroatoms. The van der Waals surface area contributed by atoms with E-state index in [9.17, 15) is 4.79 Å². The fraction of sp³-hybridized carbons (Fsp3) is 0.286. The van der Waals surface area contributed by atoms with E-state index in [0.29, 0.717) is 0 Å². The van der Waals surface area contributed by atoms with Crippen molar-refractivity contribution in [1.29, 1.82) is 0 Å². The van der Waals surface area contributed by atoms with E-state index in [4.69, 9.17) is 9.84 Å². The van der Waals surface area contributed by atoms with E-state index in [1.807, 2.05) is 18.2 Å². The zero-order valence-corrected chi connectivity index (χ0v) is 11.0. The van der Waals surface area contributed by atoms with Crippen molar-refractivity contribution in [1.82, 2.24) is 9.78 Å². The van der Waals surface area contributed by atoms with E-state index in [1.165, 1.54) is 4.68 Å². The maximum atomic E-state index is 10.6. The Morgan fingerprint density at radius 1 is 1.42 bits per heavy atom. The van der Waals surface area contributed by atoms with Gasteiger partial charge in [0.1, 0.15) is 12.3 Å². The Labute approximate surface area is 111 Å². The summed E-state index contributed by atoms with van der Waals surface area (Å²) in [5.74, 6) is -0.0391. The van der Waals surface area contributed by atoms with Gasteiger partial charge in [-0.05, 0) is 29.7 Å². The fourth-order valence-electron chi connectivity index (χ4n) is 1.97. The van der Waals surface area contributed by atoms with Gasteiger partial charge in [-0.2, -0.15) is 5.10 Å². The summed E-state index contributed by atoms with van der Waals surface area (Å²) in [6.45, 7) is 1.94. The van der Waals surface area contributed by atoms with Gasteiger partial charge in [0.25, 0.3) is 0 Å². The minimum Gasteiger partial charge on any atom is -0.496 e. The lowest BCUT2D eigenvalue weighted by molar-refractivity contribution is -0.137. The Kier molecular flexibility index (Phi) is 3.85. The highest BCUT2D eigenvalue weighted by Gasteiger charge is 2.07. The quantitative estimate of drug-likeness (QED) is 0.895. The number of carbonyl (C=O) groups is 1. The molecule has 1 aromatic carbocycles. The normalized spacial score (nSPS) is 10.4. The van der Waals surface area contributed by atoms with Gasteiger partial charge in [0, 0.05) is 11.8 Å². The summed E-state index contributed by atoms with van der Waals surface area (Å²) >= 11 is 0. The van der Waals surface area contributed by atoms with Crippen LogP contribution in [-0.2, 0) is 17.8 Å². The molecule has 0 atom stereocenters. The summed E-state index contributed by atoms with van der Waals surface area (Å²) in [5.41, 5.74) is 3.03. The first-order valence-electron chi connectivity index (χ1n) is 6.05. The molecule has 19 heavy (non-hydrogen) atoms. The van der Waals surface area contributed by atoms with Crippen molar-refractivity contribution in [3.63, 3.8) is 0 Å². The molecule has 0 aliphatic heterocycles. The van der Waals surface area contributed by atoms with Gasteiger partial charge < -0.3 is 9.84 Å². The van der Waals surface area contributed by atoms with Gasteiger partial charge in [-0.25, -0.2) is 0 Å². The maximum Gasteiger partial charge on any atom is 0.325 e. The highest BCUT2D eigenvalue weighted by molar-refractivity contribution is 5.68. The van der Waals surface area contributed by atoms with E-state index >= 15 is 0 Å². The first-order chi connectivity index (χ1) is 9.13. The molecule has 0 spiro atoms. The first kappa shape index (κ1) is 13.1. The number of nitrogens with zero attached hydrogens (tertiary/aromatic N) is 2. The molecule has 1 aromatic heterocycles. The van der Waals surface area contributed by atoms with Gasteiger partial charge in [0.05, 0.1) is 13.3 Å². The summed E-state index contributed by atoms with van der Waals surface area (Å²) in [5, 5.41) is 12.8. The minimum absolute atomic E-state index is 0.128. The van der Waals surface area contributed by atoms with E-state index in [0.717, 1.165) is 28.9 Å². The van der Waals surface area contributed by atoms with Crippen LogP contribution in [0.5, 0.6) is 5.75 Å². The average molecular weight is 260 g/mol. The Hall–Kier alpha value is -2.30. The number of hydrogen-bond acceptors (Lipinski definition) is 3. The van der Waals surface area contributed by atoms with Crippen LogP contribution < -0.4 is 4.74 Å². The summed E-state index contributed by atoms with van der Waals surface area (Å²) < 4.78 is 6.70. The van der Waals surface area contributed by atoms with Crippen molar-refractivity contribution in [3.05, 3.63) is 36.2 Å². The molecular formula is C14H16N2O3. The van der Waals surface area contributed by atoms with Crippen LogP contribution in [0.2, 0.25) is 0 Å². The summed E-state index contributed by atoms with van der Waals surface area (Å²) in [4.78, 5) is 10.6. The predicted molar refractivity (Wildman–Crippen MR) is 71.2 cm³/mol. The standard InChI is InChI=1S/C14H16N2O3/c1-3-10-6-11(4-5-13(10)19-2)12-7-15-16(8-12)9-14(17)18/h4-8H,3,9H2,1-2H3,(H,17,18).